The molecule has 7 atom stereocenters. The normalized spacial score (nSPS) is 28.9. The average molecular weight is 615 g/mol. The van der Waals surface area contributed by atoms with Gasteiger partial charge in [-0.3, -0.25) is 14.4 Å². The lowest BCUT2D eigenvalue weighted by Gasteiger charge is -2.39. The number of rotatable bonds is 15. The molecule has 2 aromatic rings. The number of carbonyl (C=O) groups excluding carboxylic acids is 3. The van der Waals surface area contributed by atoms with Gasteiger partial charge < -0.3 is 24.4 Å². The fourth-order valence-corrected chi connectivity index (χ4v) is 7.86. The molecule has 3 unspecified atom stereocenters. The van der Waals surface area contributed by atoms with Gasteiger partial charge in [0.15, 0.2) is 0 Å². The van der Waals surface area contributed by atoms with E-state index < -0.39 is 41.1 Å². The first-order valence-corrected chi connectivity index (χ1v) is 16.1. The van der Waals surface area contributed by atoms with Gasteiger partial charge in [-0.15, -0.1) is 13.2 Å². The van der Waals surface area contributed by atoms with Crippen LogP contribution in [0.1, 0.15) is 50.7 Å². The van der Waals surface area contributed by atoms with E-state index in [0.717, 1.165) is 24.0 Å². The summed E-state index contributed by atoms with van der Waals surface area (Å²) in [5.41, 5.74) is -0.344. The molecule has 1 spiro atoms. The van der Waals surface area contributed by atoms with Crippen molar-refractivity contribution in [1.29, 1.82) is 0 Å². The largest absolute Gasteiger partial charge is 0.465 e. The molecule has 2 bridgehead atoms. The Hall–Kier alpha value is -3.75. The topological polar surface area (TPSA) is 96.4 Å². The molecular formula is C37H46N2O6. The lowest BCUT2D eigenvalue weighted by molar-refractivity contribution is -0.164. The monoisotopic (exact) mass is 614 g/mol. The standard InChI is InChI=1S/C37H46N2O6/c1-5-7-8-15-21-44-35(43)31-30-33(41)39(29(25-40)22-27-16-11-9-12-17-27)32(37(30)23-26(3)36(31,4)45-37)34(42)38(20-6-2)24-28-18-13-10-14-19-28/h5-6,9-14,16-19,26,29-32,40H,1-2,7-8,15,20-25H2,3-4H3/t26?,29-,30+,31-,32?,36+,37?/m1/s1. The van der Waals surface area contributed by atoms with Gasteiger partial charge in [-0.05, 0) is 56.1 Å². The number of esters is 1. The van der Waals surface area contributed by atoms with Crippen molar-refractivity contribution in [2.24, 2.45) is 17.8 Å². The molecule has 2 amide bonds. The molecule has 3 aliphatic rings. The van der Waals surface area contributed by atoms with Gasteiger partial charge in [0.1, 0.15) is 17.6 Å². The smallest absolute Gasteiger partial charge is 0.312 e. The number of amides is 2. The van der Waals surface area contributed by atoms with Gasteiger partial charge in [-0.1, -0.05) is 79.7 Å². The molecule has 5 rings (SSSR count). The Bertz CT molecular complexity index is 1380. The quantitative estimate of drug-likeness (QED) is 0.177. The third kappa shape index (κ3) is 5.98. The van der Waals surface area contributed by atoms with Crippen LogP contribution in [-0.2, 0) is 36.8 Å². The number of nitrogens with zero attached hydrogens (tertiary/aromatic N) is 2. The van der Waals surface area contributed by atoms with Crippen molar-refractivity contribution in [1.82, 2.24) is 9.80 Å². The number of aliphatic hydroxyl groups is 1. The molecule has 2 aromatic carbocycles. The predicted octanol–water partition coefficient (Wildman–Crippen LogP) is 4.72. The number of carbonyl (C=O) groups is 3. The second kappa shape index (κ2) is 13.7. The third-order valence-corrected chi connectivity index (χ3v) is 10.1. The molecule has 3 fully saturated rings. The number of hydrogen-bond donors (Lipinski definition) is 1. The van der Waals surface area contributed by atoms with Gasteiger partial charge in [0, 0.05) is 13.1 Å². The van der Waals surface area contributed by atoms with Crippen LogP contribution in [0.25, 0.3) is 0 Å². The summed E-state index contributed by atoms with van der Waals surface area (Å²) in [7, 11) is 0. The van der Waals surface area contributed by atoms with Crippen molar-refractivity contribution in [2.75, 3.05) is 19.8 Å². The predicted molar refractivity (Wildman–Crippen MR) is 172 cm³/mol. The Kier molecular flexibility index (Phi) is 9.94. The highest BCUT2D eigenvalue weighted by atomic mass is 16.6. The molecule has 3 saturated heterocycles. The van der Waals surface area contributed by atoms with E-state index in [1.807, 2.05) is 80.6 Å². The van der Waals surface area contributed by atoms with Crippen molar-refractivity contribution in [3.63, 3.8) is 0 Å². The van der Waals surface area contributed by atoms with E-state index in [1.165, 1.54) is 0 Å². The Balaban J connectivity index is 1.55. The summed E-state index contributed by atoms with van der Waals surface area (Å²) in [5, 5.41) is 10.8. The highest BCUT2D eigenvalue weighted by molar-refractivity contribution is 5.99. The summed E-state index contributed by atoms with van der Waals surface area (Å²) in [6.07, 6.45) is 6.66. The van der Waals surface area contributed by atoms with Gasteiger partial charge >= 0.3 is 5.97 Å². The molecule has 0 saturated carbocycles. The van der Waals surface area contributed by atoms with E-state index in [-0.39, 0.29) is 37.5 Å². The van der Waals surface area contributed by atoms with E-state index >= 15 is 0 Å². The minimum atomic E-state index is -1.24. The fourth-order valence-electron chi connectivity index (χ4n) is 7.86. The molecule has 0 aliphatic carbocycles. The van der Waals surface area contributed by atoms with Crippen LogP contribution in [0.2, 0.25) is 0 Å². The van der Waals surface area contributed by atoms with Crippen molar-refractivity contribution >= 4 is 17.8 Å². The summed E-state index contributed by atoms with van der Waals surface area (Å²) in [6.45, 7) is 12.0. The van der Waals surface area contributed by atoms with E-state index in [9.17, 15) is 19.5 Å². The Morgan fingerprint density at radius 3 is 2.38 bits per heavy atom. The van der Waals surface area contributed by atoms with Crippen molar-refractivity contribution < 1.29 is 29.0 Å². The Morgan fingerprint density at radius 2 is 1.76 bits per heavy atom. The highest BCUT2D eigenvalue weighted by Gasteiger charge is 2.80. The second-order valence-electron chi connectivity index (χ2n) is 12.9. The molecule has 0 aromatic heterocycles. The average Bonchev–Trinajstić information content (AvgIpc) is 3.56. The summed E-state index contributed by atoms with van der Waals surface area (Å²) in [6, 6.07) is 17.6. The molecule has 0 radical (unpaired) electrons. The van der Waals surface area contributed by atoms with Crippen molar-refractivity contribution in [2.45, 2.75) is 75.8 Å². The molecule has 8 nitrogen and oxygen atoms in total. The minimum Gasteiger partial charge on any atom is -0.465 e. The Morgan fingerprint density at radius 1 is 1.09 bits per heavy atom. The van der Waals surface area contributed by atoms with Gasteiger partial charge in [-0.2, -0.15) is 0 Å². The van der Waals surface area contributed by atoms with Crippen LogP contribution in [0.15, 0.2) is 86.0 Å². The number of unbranched alkanes of at least 4 members (excludes halogenated alkanes) is 2. The third-order valence-electron chi connectivity index (χ3n) is 10.1. The zero-order valence-corrected chi connectivity index (χ0v) is 26.5. The van der Waals surface area contributed by atoms with Crippen LogP contribution in [0.3, 0.4) is 0 Å². The van der Waals surface area contributed by atoms with Crippen molar-refractivity contribution in [3.8, 4) is 0 Å². The maximum absolute atomic E-state index is 14.9. The molecule has 3 heterocycles. The molecule has 240 valence electrons. The molecular weight excluding hydrogens is 568 g/mol. The van der Waals surface area contributed by atoms with Crippen LogP contribution >= 0.6 is 0 Å². The molecule has 3 aliphatic heterocycles. The van der Waals surface area contributed by atoms with Gasteiger partial charge in [-0.25, -0.2) is 0 Å². The van der Waals surface area contributed by atoms with Crippen LogP contribution in [0, 0.1) is 17.8 Å². The summed E-state index contributed by atoms with van der Waals surface area (Å²) in [4.78, 5) is 46.7. The Labute approximate surface area is 266 Å². The SMILES string of the molecule is C=CCCCCOC(=O)[C@H]1[C@H]2C(=O)N([C@@H](CO)Cc3ccccc3)C(C(=O)N(CC=C)Cc3ccccc3)C23CC(C)[C@]1(C)O3. The number of hydrogen-bond acceptors (Lipinski definition) is 6. The van der Waals surface area contributed by atoms with E-state index in [4.69, 9.17) is 9.47 Å². The number of allylic oxidation sites excluding steroid dienone is 1. The van der Waals surface area contributed by atoms with Gasteiger partial charge in [0.05, 0.1) is 30.8 Å². The minimum absolute atomic E-state index is 0.112. The maximum atomic E-state index is 14.9. The number of fused-ring (bicyclic) bond motifs is 1. The second-order valence-corrected chi connectivity index (χ2v) is 12.9. The fraction of sp³-hybridized carbons (Fsp3) is 0.486. The molecule has 1 N–H and O–H groups in total. The van der Waals surface area contributed by atoms with Crippen LogP contribution in [0.5, 0.6) is 0 Å². The summed E-state index contributed by atoms with van der Waals surface area (Å²) in [5.74, 6) is -2.97. The number of aliphatic hydroxyl groups excluding tert-OH is 1. The first kappa shape index (κ1) is 32.6. The highest BCUT2D eigenvalue weighted by Crippen LogP contribution is 2.65. The summed E-state index contributed by atoms with van der Waals surface area (Å²) >= 11 is 0. The van der Waals surface area contributed by atoms with E-state index in [0.29, 0.717) is 25.8 Å². The molecule has 45 heavy (non-hydrogen) atoms. The van der Waals surface area contributed by atoms with E-state index in [2.05, 4.69) is 13.2 Å². The lowest BCUT2D eigenvalue weighted by atomic mass is 9.62. The van der Waals surface area contributed by atoms with Gasteiger partial charge in [0.25, 0.3) is 0 Å². The van der Waals surface area contributed by atoms with Crippen LogP contribution in [0.4, 0.5) is 0 Å². The van der Waals surface area contributed by atoms with E-state index in [1.54, 1.807) is 15.9 Å². The van der Waals surface area contributed by atoms with Crippen LogP contribution < -0.4 is 0 Å². The summed E-state index contributed by atoms with van der Waals surface area (Å²) < 4.78 is 12.7. The number of benzene rings is 2. The zero-order valence-electron chi connectivity index (χ0n) is 26.5. The van der Waals surface area contributed by atoms with Crippen LogP contribution in [-0.4, -0.2) is 75.7 Å². The van der Waals surface area contributed by atoms with Gasteiger partial charge in [0.2, 0.25) is 11.8 Å². The zero-order chi connectivity index (χ0) is 32.2. The first-order chi connectivity index (χ1) is 21.7. The number of likely N-dealkylation sites (tertiary alicyclic amines) is 1. The number of ether oxygens (including phenoxy) is 2. The van der Waals surface area contributed by atoms with Crippen molar-refractivity contribution in [3.05, 3.63) is 97.1 Å². The maximum Gasteiger partial charge on any atom is 0.312 e. The first-order valence-electron chi connectivity index (χ1n) is 16.1. The molecule has 8 heteroatoms. The lowest BCUT2D eigenvalue weighted by Crippen LogP contribution is -2.59.